The van der Waals surface area contributed by atoms with Crippen molar-refractivity contribution < 1.29 is 19.8 Å². The number of rotatable bonds is 4. The minimum Gasteiger partial charge on any atom is -0.488 e. The van der Waals surface area contributed by atoms with Crippen LogP contribution in [0, 0.1) is 0 Å². The summed E-state index contributed by atoms with van der Waals surface area (Å²) in [5.41, 5.74) is 6.75. The lowest BCUT2D eigenvalue weighted by molar-refractivity contribution is 0.212. The van der Waals surface area contributed by atoms with Crippen LogP contribution in [0.25, 0.3) is 10.4 Å². The molecular formula is C12H10BNO4S. The highest BCUT2D eigenvalue weighted by molar-refractivity contribution is 7.25. The molecular weight excluding hydrogens is 265 g/mol. The van der Waals surface area contributed by atoms with Gasteiger partial charge < -0.3 is 15.9 Å². The van der Waals surface area contributed by atoms with Crippen molar-refractivity contribution in [3.63, 3.8) is 0 Å². The number of nitrogens with two attached hydrogens (primary N) is 1. The highest BCUT2D eigenvalue weighted by Crippen LogP contribution is 2.28. The summed E-state index contributed by atoms with van der Waals surface area (Å²) < 4.78 is 0. The summed E-state index contributed by atoms with van der Waals surface area (Å²) in [5, 5.41) is 18.2. The highest BCUT2D eigenvalue weighted by Gasteiger charge is 2.37. The van der Waals surface area contributed by atoms with Crippen molar-refractivity contribution in [1.82, 2.24) is 0 Å². The Morgan fingerprint density at radius 1 is 1.11 bits per heavy atom. The lowest BCUT2D eigenvalue weighted by atomic mass is 9.45. The van der Waals surface area contributed by atoms with E-state index in [9.17, 15) is 9.59 Å². The molecule has 4 N–H and O–H groups in total. The van der Waals surface area contributed by atoms with Gasteiger partial charge in [0.25, 0.3) is 11.7 Å². The third-order valence-corrected chi connectivity index (χ3v) is 3.68. The maximum absolute atomic E-state index is 11.0. The number of benzene rings is 1. The second kappa shape index (κ2) is 5.15. The molecule has 0 aliphatic carbocycles. The molecule has 0 fully saturated rings. The second-order valence-electron chi connectivity index (χ2n) is 3.91. The fourth-order valence-corrected chi connectivity index (χ4v) is 2.73. The smallest absolute Gasteiger partial charge is 0.442 e. The Balaban J connectivity index is 2.47. The summed E-state index contributed by atoms with van der Waals surface area (Å²) in [6.45, 7) is -1.63. The van der Waals surface area contributed by atoms with Crippen LogP contribution in [-0.4, -0.2) is 28.7 Å². The Hall–Kier alpha value is -2.28. The largest absolute Gasteiger partial charge is 0.488 e. The Morgan fingerprint density at radius 3 is 2.21 bits per heavy atom. The standard InChI is InChI=1S/C12H10BNO4S/c14-10-8(13(11(15)16)12(17)18)6-9(19-10)7-4-2-1-3-5-7/h1-6H,14H2,(H,15,16)(H,17,18). The zero-order valence-corrected chi connectivity index (χ0v) is 10.6. The van der Waals surface area contributed by atoms with Crippen molar-refractivity contribution in [3.05, 3.63) is 36.4 Å². The molecule has 1 aromatic heterocycles. The van der Waals surface area contributed by atoms with Gasteiger partial charge in [-0.05, 0) is 17.1 Å². The molecule has 0 saturated heterocycles. The Morgan fingerprint density at radius 2 is 1.68 bits per heavy atom. The van der Waals surface area contributed by atoms with Crippen molar-refractivity contribution in [3.8, 4) is 10.4 Å². The number of hydrogen-bond acceptors (Lipinski definition) is 4. The van der Waals surface area contributed by atoms with Crippen LogP contribution in [0.1, 0.15) is 0 Å². The molecule has 7 heteroatoms. The zero-order valence-electron chi connectivity index (χ0n) is 9.74. The Labute approximate surface area is 113 Å². The Bertz CT molecular complexity index is 612. The quantitative estimate of drug-likeness (QED) is 0.743. The maximum atomic E-state index is 11.0. The van der Waals surface area contributed by atoms with Gasteiger partial charge in [0.05, 0.1) is 5.00 Å². The van der Waals surface area contributed by atoms with Crippen molar-refractivity contribution in [2.75, 3.05) is 5.73 Å². The summed E-state index contributed by atoms with van der Waals surface area (Å²) in [6, 6.07) is 10.8. The minimum atomic E-state index is -1.63. The molecule has 0 spiro atoms. The molecule has 0 aliphatic heterocycles. The van der Waals surface area contributed by atoms with Gasteiger partial charge >= 0.3 is 6.71 Å². The van der Waals surface area contributed by atoms with E-state index in [4.69, 9.17) is 15.9 Å². The molecule has 0 atom stereocenters. The van der Waals surface area contributed by atoms with Crippen LogP contribution in [-0.2, 0) is 0 Å². The SMILES string of the molecule is Nc1sc(-c2ccccc2)cc1B(C(=O)O)C(=O)O. The predicted octanol–water partition coefficient (Wildman–Crippen LogP) is 2.22. The topological polar surface area (TPSA) is 101 Å². The van der Waals surface area contributed by atoms with Crippen LogP contribution in [0.5, 0.6) is 0 Å². The van der Waals surface area contributed by atoms with Crippen molar-refractivity contribution >= 4 is 40.3 Å². The molecule has 0 unspecified atom stereocenters. The van der Waals surface area contributed by atoms with Gasteiger partial charge in [-0.3, -0.25) is 9.59 Å². The zero-order chi connectivity index (χ0) is 14.0. The van der Waals surface area contributed by atoms with Gasteiger partial charge in [-0.15, -0.1) is 11.3 Å². The first-order valence-electron chi connectivity index (χ1n) is 5.41. The number of carbonyl (C=O) groups is 2. The number of thiophene rings is 1. The van der Waals surface area contributed by atoms with E-state index in [-0.39, 0.29) is 10.5 Å². The summed E-state index contributed by atoms with van der Waals surface area (Å²) in [6.07, 6.45) is 0. The van der Waals surface area contributed by atoms with E-state index in [1.54, 1.807) is 0 Å². The van der Waals surface area contributed by atoms with Crippen LogP contribution >= 0.6 is 11.3 Å². The minimum absolute atomic E-state index is 0.129. The third kappa shape index (κ3) is 2.60. The van der Waals surface area contributed by atoms with Crippen molar-refractivity contribution in [2.24, 2.45) is 0 Å². The van der Waals surface area contributed by atoms with Gasteiger partial charge in [0.1, 0.15) is 0 Å². The van der Waals surface area contributed by atoms with Gasteiger partial charge in [0, 0.05) is 4.88 Å². The molecule has 96 valence electrons. The second-order valence-corrected chi connectivity index (χ2v) is 4.99. The Kier molecular flexibility index (Phi) is 3.57. The summed E-state index contributed by atoms with van der Waals surface area (Å²) in [7, 11) is 0. The molecule has 0 radical (unpaired) electrons. The molecule has 5 nitrogen and oxygen atoms in total. The van der Waals surface area contributed by atoms with E-state index in [1.807, 2.05) is 30.3 Å². The van der Waals surface area contributed by atoms with Crippen LogP contribution < -0.4 is 11.2 Å². The number of carboxylic acid groups (broad SMARTS) is 2. The van der Waals surface area contributed by atoms with Crippen LogP contribution in [0.3, 0.4) is 0 Å². The third-order valence-electron chi connectivity index (χ3n) is 2.65. The lowest BCUT2D eigenvalue weighted by Gasteiger charge is -2.01. The van der Waals surface area contributed by atoms with E-state index >= 15 is 0 Å². The van der Waals surface area contributed by atoms with Gasteiger partial charge in [-0.2, -0.15) is 0 Å². The number of nitrogen functional groups attached to an aromatic ring is 1. The highest BCUT2D eigenvalue weighted by atomic mass is 32.1. The van der Waals surface area contributed by atoms with Crippen LogP contribution in [0.15, 0.2) is 36.4 Å². The summed E-state index contributed by atoms with van der Waals surface area (Å²) in [5.74, 6) is -2.84. The van der Waals surface area contributed by atoms with E-state index in [0.29, 0.717) is 0 Å². The van der Waals surface area contributed by atoms with Gasteiger partial charge in [0.15, 0.2) is 0 Å². The van der Waals surface area contributed by atoms with E-state index in [0.717, 1.165) is 10.4 Å². The fraction of sp³-hybridized carbons (Fsp3) is 0. The normalized spacial score (nSPS) is 10.1. The van der Waals surface area contributed by atoms with Crippen LogP contribution in [0.2, 0.25) is 0 Å². The van der Waals surface area contributed by atoms with Gasteiger partial charge in [-0.25, -0.2) is 0 Å². The first-order chi connectivity index (χ1) is 9.00. The molecule has 0 aliphatic rings. The first kappa shape index (κ1) is 13.2. The van der Waals surface area contributed by atoms with Crippen molar-refractivity contribution in [1.29, 1.82) is 0 Å². The average Bonchev–Trinajstić information content (AvgIpc) is 2.72. The molecule has 1 heterocycles. The van der Waals surface area contributed by atoms with E-state index in [1.165, 1.54) is 17.4 Å². The number of hydrogen-bond donors (Lipinski definition) is 3. The molecule has 0 amide bonds. The lowest BCUT2D eigenvalue weighted by Crippen LogP contribution is -2.45. The van der Waals surface area contributed by atoms with E-state index in [2.05, 4.69) is 0 Å². The summed E-state index contributed by atoms with van der Waals surface area (Å²) >= 11 is 1.18. The molecule has 1 aromatic carbocycles. The van der Waals surface area contributed by atoms with Gasteiger partial charge in [0.2, 0.25) is 0 Å². The predicted molar refractivity (Wildman–Crippen MR) is 75.6 cm³/mol. The monoisotopic (exact) mass is 275 g/mol. The molecule has 2 rings (SSSR count). The van der Waals surface area contributed by atoms with Gasteiger partial charge in [-0.1, -0.05) is 30.3 Å². The fourth-order valence-electron chi connectivity index (χ4n) is 1.76. The molecule has 2 aromatic rings. The molecule has 19 heavy (non-hydrogen) atoms. The maximum Gasteiger partial charge on any atom is 0.442 e. The average molecular weight is 275 g/mol. The van der Waals surface area contributed by atoms with Crippen molar-refractivity contribution in [2.45, 2.75) is 0 Å². The number of anilines is 1. The first-order valence-corrected chi connectivity index (χ1v) is 6.22. The summed E-state index contributed by atoms with van der Waals surface area (Å²) in [4.78, 5) is 22.8. The molecule has 0 bridgehead atoms. The van der Waals surface area contributed by atoms with Crippen LogP contribution in [0.4, 0.5) is 14.6 Å². The molecule has 0 saturated carbocycles. The van der Waals surface area contributed by atoms with E-state index < -0.39 is 18.5 Å².